The summed E-state index contributed by atoms with van der Waals surface area (Å²) in [5.41, 5.74) is 2.90. The van der Waals surface area contributed by atoms with Crippen molar-refractivity contribution in [3.05, 3.63) is 77.0 Å². The number of esters is 2. The fraction of sp³-hybridized carbons (Fsp3) is 0.200. The molecule has 1 saturated heterocycles. The average Bonchev–Trinajstić information content (AvgIpc) is 3.17. The molecule has 1 aromatic heterocycles. The van der Waals surface area contributed by atoms with Gasteiger partial charge in [-0.15, -0.1) is 0 Å². The van der Waals surface area contributed by atoms with Crippen LogP contribution in [-0.2, 0) is 25.6 Å². The van der Waals surface area contributed by atoms with Gasteiger partial charge in [-0.1, -0.05) is 60.3 Å². The van der Waals surface area contributed by atoms with E-state index in [4.69, 9.17) is 14.5 Å². The lowest BCUT2D eigenvalue weighted by molar-refractivity contribution is -0.137. The van der Waals surface area contributed by atoms with E-state index in [1.54, 1.807) is 6.92 Å². The minimum absolute atomic E-state index is 0.0200. The Labute approximate surface area is 195 Å². The molecule has 2 aromatic carbocycles. The summed E-state index contributed by atoms with van der Waals surface area (Å²) in [6.07, 6.45) is 1.30. The second-order valence-electron chi connectivity index (χ2n) is 7.19. The third-order valence-electron chi connectivity index (χ3n) is 5.17. The topological polar surface area (TPSA) is 85.8 Å². The van der Waals surface area contributed by atoms with Crippen molar-refractivity contribution in [2.75, 3.05) is 19.5 Å². The number of fused-ring (bicyclic) bond motifs is 1. The standard InChI is InChI=1S/C25H22N2O5S/c1-3-32-22(29)13-21-27(20(28)15-33-21)14-19-24(25(30)31-2)23(16-9-5-4-6-10-16)17-11-7-8-12-18(17)26-19/h4-13H,3,14-15H2,1-2H3/b21-13+. The molecule has 0 spiro atoms. The van der Waals surface area contributed by atoms with E-state index in [2.05, 4.69) is 0 Å². The summed E-state index contributed by atoms with van der Waals surface area (Å²) in [4.78, 5) is 43.9. The largest absolute Gasteiger partial charge is 0.465 e. The zero-order chi connectivity index (χ0) is 23.4. The van der Waals surface area contributed by atoms with E-state index in [0.29, 0.717) is 27.4 Å². The molecule has 0 saturated carbocycles. The number of benzene rings is 2. The Balaban J connectivity index is 1.90. The first-order chi connectivity index (χ1) is 16.0. The number of methoxy groups -OCH3 is 1. The van der Waals surface area contributed by atoms with Crippen LogP contribution in [0.25, 0.3) is 22.0 Å². The summed E-state index contributed by atoms with van der Waals surface area (Å²) in [6, 6.07) is 17.1. The number of thioether (sulfide) groups is 1. The first kappa shape index (κ1) is 22.5. The highest BCUT2D eigenvalue weighted by molar-refractivity contribution is 8.04. The summed E-state index contributed by atoms with van der Waals surface area (Å²) in [5, 5.41) is 1.27. The number of carbonyl (C=O) groups is 3. The summed E-state index contributed by atoms with van der Waals surface area (Å²) in [6.45, 7) is 1.97. The molecule has 1 fully saturated rings. The number of para-hydroxylation sites is 1. The molecule has 7 nitrogen and oxygen atoms in total. The Morgan fingerprint density at radius 1 is 1.12 bits per heavy atom. The molecule has 2 heterocycles. The van der Waals surface area contributed by atoms with E-state index in [9.17, 15) is 14.4 Å². The quantitative estimate of drug-likeness (QED) is 0.401. The average molecular weight is 463 g/mol. The van der Waals surface area contributed by atoms with Crippen molar-refractivity contribution >= 4 is 40.5 Å². The van der Waals surface area contributed by atoms with Crippen LogP contribution in [0.15, 0.2) is 65.7 Å². The predicted molar refractivity (Wildman–Crippen MR) is 126 cm³/mol. The summed E-state index contributed by atoms with van der Waals surface area (Å²) in [7, 11) is 1.32. The Morgan fingerprint density at radius 3 is 2.58 bits per heavy atom. The summed E-state index contributed by atoms with van der Waals surface area (Å²) >= 11 is 1.25. The minimum Gasteiger partial charge on any atom is -0.465 e. The fourth-order valence-electron chi connectivity index (χ4n) is 3.74. The zero-order valence-corrected chi connectivity index (χ0v) is 19.1. The van der Waals surface area contributed by atoms with E-state index >= 15 is 0 Å². The molecular weight excluding hydrogens is 440 g/mol. The first-order valence-electron chi connectivity index (χ1n) is 10.4. The van der Waals surface area contributed by atoms with Crippen LogP contribution in [-0.4, -0.2) is 47.2 Å². The van der Waals surface area contributed by atoms with Gasteiger partial charge in [-0.2, -0.15) is 0 Å². The van der Waals surface area contributed by atoms with Crippen LogP contribution in [0, 0.1) is 0 Å². The van der Waals surface area contributed by atoms with Gasteiger partial charge in [0.1, 0.15) is 0 Å². The SMILES string of the molecule is CCOC(=O)/C=C1/SCC(=O)N1Cc1nc2ccccc2c(-c2ccccc2)c1C(=O)OC. The van der Waals surface area contributed by atoms with E-state index in [1.165, 1.54) is 29.8 Å². The van der Waals surface area contributed by atoms with E-state index in [1.807, 2.05) is 54.6 Å². The van der Waals surface area contributed by atoms with Gasteiger partial charge >= 0.3 is 11.9 Å². The van der Waals surface area contributed by atoms with Crippen molar-refractivity contribution in [2.24, 2.45) is 0 Å². The van der Waals surface area contributed by atoms with Gasteiger partial charge in [0.05, 0.1) is 53.9 Å². The van der Waals surface area contributed by atoms with Crippen LogP contribution >= 0.6 is 11.8 Å². The third kappa shape index (κ3) is 4.61. The Kier molecular flexibility index (Phi) is 6.74. The van der Waals surface area contributed by atoms with Crippen LogP contribution in [0.4, 0.5) is 0 Å². The van der Waals surface area contributed by atoms with Crippen LogP contribution in [0.5, 0.6) is 0 Å². The first-order valence-corrected chi connectivity index (χ1v) is 11.4. The molecule has 1 aliphatic rings. The molecule has 1 aliphatic heterocycles. The number of ether oxygens (including phenoxy) is 2. The second kappa shape index (κ2) is 9.87. The van der Waals surface area contributed by atoms with Crippen molar-refractivity contribution < 1.29 is 23.9 Å². The smallest absolute Gasteiger partial charge is 0.340 e. The molecular formula is C25H22N2O5S. The van der Waals surface area contributed by atoms with Crippen molar-refractivity contribution in [2.45, 2.75) is 13.5 Å². The molecule has 0 atom stereocenters. The highest BCUT2D eigenvalue weighted by Gasteiger charge is 2.31. The van der Waals surface area contributed by atoms with Crippen LogP contribution in [0.3, 0.4) is 0 Å². The molecule has 0 aliphatic carbocycles. The number of hydrogen-bond donors (Lipinski definition) is 0. The lowest BCUT2D eigenvalue weighted by Gasteiger charge is -2.21. The van der Waals surface area contributed by atoms with Crippen molar-refractivity contribution in [1.29, 1.82) is 0 Å². The summed E-state index contributed by atoms with van der Waals surface area (Å²) in [5.74, 6) is -1.05. The van der Waals surface area contributed by atoms with Crippen LogP contribution in [0.2, 0.25) is 0 Å². The maximum Gasteiger partial charge on any atom is 0.340 e. The lowest BCUT2D eigenvalue weighted by atomic mass is 9.94. The van der Waals surface area contributed by atoms with Crippen molar-refractivity contribution in [3.8, 4) is 11.1 Å². The van der Waals surface area contributed by atoms with E-state index < -0.39 is 11.9 Å². The predicted octanol–water partition coefficient (Wildman–Crippen LogP) is 4.17. The number of hydrogen-bond acceptors (Lipinski definition) is 7. The third-order valence-corrected chi connectivity index (χ3v) is 6.19. The van der Waals surface area contributed by atoms with Crippen LogP contribution in [0.1, 0.15) is 23.0 Å². The van der Waals surface area contributed by atoms with Crippen molar-refractivity contribution in [3.63, 3.8) is 0 Å². The van der Waals surface area contributed by atoms with E-state index in [0.717, 1.165) is 10.9 Å². The number of aromatic nitrogens is 1. The van der Waals surface area contributed by atoms with Gasteiger partial charge in [0.25, 0.3) is 0 Å². The molecule has 4 rings (SSSR count). The van der Waals surface area contributed by atoms with E-state index in [-0.39, 0.29) is 24.8 Å². The maximum atomic E-state index is 13.0. The normalized spacial score (nSPS) is 14.7. The molecule has 3 aromatic rings. The number of pyridine rings is 1. The Hall–Kier alpha value is -3.65. The molecule has 0 unspecified atom stereocenters. The van der Waals surface area contributed by atoms with Gasteiger partial charge in [-0.25, -0.2) is 14.6 Å². The molecule has 168 valence electrons. The van der Waals surface area contributed by atoms with Gasteiger partial charge in [0.15, 0.2) is 0 Å². The van der Waals surface area contributed by atoms with Gasteiger partial charge < -0.3 is 9.47 Å². The molecule has 8 heteroatoms. The van der Waals surface area contributed by atoms with Gasteiger partial charge in [-0.3, -0.25) is 9.69 Å². The Bertz CT molecular complexity index is 1260. The Morgan fingerprint density at radius 2 is 1.85 bits per heavy atom. The maximum absolute atomic E-state index is 13.0. The monoisotopic (exact) mass is 462 g/mol. The molecule has 0 N–H and O–H groups in total. The highest BCUT2D eigenvalue weighted by Crippen LogP contribution is 2.36. The van der Waals surface area contributed by atoms with Crippen molar-refractivity contribution in [1.82, 2.24) is 9.88 Å². The number of carbonyl (C=O) groups excluding carboxylic acids is 3. The molecule has 0 bridgehead atoms. The van der Waals surface area contributed by atoms with Gasteiger partial charge in [0, 0.05) is 10.9 Å². The van der Waals surface area contributed by atoms with Crippen LogP contribution < -0.4 is 0 Å². The zero-order valence-electron chi connectivity index (χ0n) is 18.2. The lowest BCUT2D eigenvalue weighted by Crippen LogP contribution is -2.26. The second-order valence-corrected chi connectivity index (χ2v) is 8.18. The van der Waals surface area contributed by atoms with Gasteiger partial charge in [-0.05, 0) is 18.6 Å². The summed E-state index contributed by atoms with van der Waals surface area (Å²) < 4.78 is 10.1. The molecule has 1 amide bonds. The molecule has 33 heavy (non-hydrogen) atoms. The minimum atomic E-state index is -0.544. The number of nitrogens with zero attached hydrogens (tertiary/aromatic N) is 2. The van der Waals surface area contributed by atoms with Gasteiger partial charge in [0.2, 0.25) is 5.91 Å². The fourth-order valence-corrected chi connectivity index (χ4v) is 4.67. The molecule has 0 radical (unpaired) electrons. The number of rotatable bonds is 6. The highest BCUT2D eigenvalue weighted by atomic mass is 32.2. The number of amides is 1.